The molecule has 1 heterocycles. The van der Waals surface area contributed by atoms with Crippen LogP contribution in [0.25, 0.3) is 0 Å². The van der Waals surface area contributed by atoms with E-state index in [4.69, 9.17) is 23.2 Å². The molecule has 0 aliphatic rings. The van der Waals surface area contributed by atoms with Crippen molar-refractivity contribution in [3.05, 3.63) is 44.7 Å². The molecule has 6 nitrogen and oxygen atoms in total. The third-order valence-electron chi connectivity index (χ3n) is 2.91. The van der Waals surface area contributed by atoms with Gasteiger partial charge in [-0.15, -0.1) is 0 Å². The lowest BCUT2D eigenvalue weighted by atomic mass is 10.1. The van der Waals surface area contributed by atoms with Crippen molar-refractivity contribution in [1.82, 2.24) is 10.2 Å². The molecule has 0 aliphatic heterocycles. The van der Waals surface area contributed by atoms with Crippen molar-refractivity contribution in [2.24, 2.45) is 0 Å². The van der Waals surface area contributed by atoms with E-state index in [2.05, 4.69) is 15.5 Å². The summed E-state index contributed by atoms with van der Waals surface area (Å²) in [7, 11) is 0. The summed E-state index contributed by atoms with van der Waals surface area (Å²) < 4.78 is 0. The first-order valence-corrected chi connectivity index (χ1v) is 6.62. The Kier molecular flexibility index (Phi) is 4.20. The largest absolute Gasteiger partial charge is 0.478 e. The summed E-state index contributed by atoms with van der Waals surface area (Å²) in [5.41, 5.74) is 1.11. The van der Waals surface area contributed by atoms with Crippen molar-refractivity contribution in [2.45, 2.75) is 13.8 Å². The van der Waals surface area contributed by atoms with Crippen LogP contribution in [0.4, 0.5) is 5.69 Å². The molecule has 0 spiro atoms. The van der Waals surface area contributed by atoms with Crippen molar-refractivity contribution < 1.29 is 14.7 Å². The number of aromatic nitrogens is 2. The Morgan fingerprint density at radius 1 is 1.19 bits per heavy atom. The molecule has 110 valence electrons. The second kappa shape index (κ2) is 5.75. The maximum atomic E-state index is 12.3. The summed E-state index contributed by atoms with van der Waals surface area (Å²) in [6.07, 6.45) is 0. The van der Waals surface area contributed by atoms with Gasteiger partial charge in [-0.1, -0.05) is 23.2 Å². The van der Waals surface area contributed by atoms with Crippen LogP contribution in [0.1, 0.15) is 32.1 Å². The molecular formula is C13H11Cl2N3O3. The van der Waals surface area contributed by atoms with Crippen LogP contribution in [0.5, 0.6) is 0 Å². The van der Waals surface area contributed by atoms with E-state index < -0.39 is 11.9 Å². The molecule has 2 rings (SSSR count). The van der Waals surface area contributed by atoms with Gasteiger partial charge in [-0.2, -0.15) is 5.10 Å². The lowest BCUT2D eigenvalue weighted by Gasteiger charge is -2.12. The van der Waals surface area contributed by atoms with Crippen molar-refractivity contribution in [3.8, 4) is 0 Å². The predicted octanol–water partition coefficient (Wildman–Crippen LogP) is 3.28. The number of carbonyl (C=O) groups is 2. The first-order valence-electron chi connectivity index (χ1n) is 5.87. The molecule has 0 aliphatic carbocycles. The molecule has 0 fully saturated rings. The highest BCUT2D eigenvalue weighted by Gasteiger charge is 2.22. The van der Waals surface area contributed by atoms with Gasteiger partial charge in [0.05, 0.1) is 27.0 Å². The van der Waals surface area contributed by atoms with Gasteiger partial charge >= 0.3 is 5.97 Å². The molecule has 3 N–H and O–H groups in total. The number of rotatable bonds is 3. The molecule has 0 atom stereocenters. The minimum atomic E-state index is -1.28. The number of aryl methyl sites for hydroxylation is 2. The number of anilines is 1. The van der Waals surface area contributed by atoms with Crippen LogP contribution in [0.15, 0.2) is 12.1 Å². The lowest BCUT2D eigenvalue weighted by Crippen LogP contribution is -2.17. The van der Waals surface area contributed by atoms with Crippen molar-refractivity contribution in [3.63, 3.8) is 0 Å². The molecule has 8 heteroatoms. The van der Waals surface area contributed by atoms with Crippen LogP contribution in [0.3, 0.4) is 0 Å². The van der Waals surface area contributed by atoms with Crippen LogP contribution >= 0.6 is 23.2 Å². The monoisotopic (exact) mass is 327 g/mol. The van der Waals surface area contributed by atoms with Gasteiger partial charge in [0.2, 0.25) is 0 Å². The van der Waals surface area contributed by atoms with Crippen molar-refractivity contribution >= 4 is 40.8 Å². The Balaban J connectivity index is 2.47. The van der Waals surface area contributed by atoms with E-state index in [0.29, 0.717) is 17.0 Å². The number of carbonyl (C=O) groups excluding carboxylic acids is 1. The van der Waals surface area contributed by atoms with E-state index in [1.165, 1.54) is 12.1 Å². The number of carboxylic acid groups (broad SMARTS) is 1. The number of nitrogens with zero attached hydrogens (tertiary/aromatic N) is 1. The van der Waals surface area contributed by atoms with Gasteiger partial charge in [-0.05, 0) is 26.0 Å². The van der Waals surface area contributed by atoms with E-state index in [1.54, 1.807) is 13.8 Å². The molecule has 0 bridgehead atoms. The Labute approximate surface area is 130 Å². The van der Waals surface area contributed by atoms with Gasteiger partial charge in [-0.3, -0.25) is 9.89 Å². The molecule has 0 unspecified atom stereocenters. The minimum Gasteiger partial charge on any atom is -0.478 e. The zero-order valence-electron chi connectivity index (χ0n) is 11.1. The number of nitrogens with one attached hydrogen (secondary N) is 2. The Morgan fingerprint density at radius 2 is 1.81 bits per heavy atom. The zero-order valence-corrected chi connectivity index (χ0v) is 12.6. The Morgan fingerprint density at radius 3 is 2.33 bits per heavy atom. The van der Waals surface area contributed by atoms with E-state index in [-0.39, 0.29) is 21.3 Å². The molecule has 1 amide bonds. The number of hydrogen-bond donors (Lipinski definition) is 3. The van der Waals surface area contributed by atoms with Gasteiger partial charge in [0.15, 0.2) is 0 Å². The molecule has 0 saturated heterocycles. The highest BCUT2D eigenvalue weighted by atomic mass is 35.5. The maximum absolute atomic E-state index is 12.3. The van der Waals surface area contributed by atoms with Gasteiger partial charge in [-0.25, -0.2) is 4.79 Å². The number of carboxylic acids is 1. The fraction of sp³-hybridized carbons (Fsp3) is 0.154. The molecule has 0 saturated carbocycles. The van der Waals surface area contributed by atoms with Crippen LogP contribution < -0.4 is 5.32 Å². The minimum absolute atomic E-state index is 0.0113. The van der Waals surface area contributed by atoms with E-state index in [1.807, 2.05) is 0 Å². The van der Waals surface area contributed by atoms with Gasteiger partial charge < -0.3 is 10.4 Å². The fourth-order valence-corrected chi connectivity index (χ4v) is 2.39. The number of aromatic carboxylic acids is 1. The van der Waals surface area contributed by atoms with E-state index in [0.717, 1.165) is 0 Å². The predicted molar refractivity (Wildman–Crippen MR) is 79.4 cm³/mol. The quantitative estimate of drug-likeness (QED) is 0.806. The summed E-state index contributed by atoms with van der Waals surface area (Å²) in [6, 6.07) is 2.78. The van der Waals surface area contributed by atoms with Crippen molar-refractivity contribution in [1.29, 1.82) is 0 Å². The fourth-order valence-electron chi connectivity index (χ4n) is 1.94. The van der Waals surface area contributed by atoms with E-state index in [9.17, 15) is 14.7 Å². The highest BCUT2D eigenvalue weighted by Crippen LogP contribution is 2.32. The van der Waals surface area contributed by atoms with Crippen LogP contribution in [0, 0.1) is 13.8 Å². The molecule has 21 heavy (non-hydrogen) atoms. The average molecular weight is 328 g/mol. The molecule has 1 aromatic heterocycles. The SMILES string of the molecule is Cc1n[nH]c(C)c1C(=O)Nc1c(Cl)ccc(Cl)c1C(=O)O. The average Bonchev–Trinajstić information content (AvgIpc) is 2.73. The highest BCUT2D eigenvalue weighted by molar-refractivity contribution is 6.38. The topological polar surface area (TPSA) is 95.1 Å². The molecule has 2 aromatic rings. The zero-order chi connectivity index (χ0) is 15.7. The Bertz CT molecular complexity index is 721. The number of halogens is 2. The summed E-state index contributed by atoms with van der Waals surface area (Å²) >= 11 is 11.8. The van der Waals surface area contributed by atoms with E-state index >= 15 is 0 Å². The lowest BCUT2D eigenvalue weighted by molar-refractivity contribution is 0.0698. The number of H-pyrrole nitrogens is 1. The van der Waals surface area contributed by atoms with Crippen LogP contribution in [-0.2, 0) is 0 Å². The number of hydrogen-bond acceptors (Lipinski definition) is 3. The van der Waals surface area contributed by atoms with Crippen molar-refractivity contribution in [2.75, 3.05) is 5.32 Å². The standard InChI is InChI=1S/C13H11Cl2N3O3/c1-5-9(6(2)18-17-5)12(19)16-11-8(15)4-3-7(14)10(11)13(20)21/h3-4H,1-2H3,(H,16,19)(H,17,18)(H,20,21). The van der Waals surface area contributed by atoms with Gasteiger partial charge in [0.1, 0.15) is 5.56 Å². The summed E-state index contributed by atoms with van der Waals surface area (Å²) in [6.45, 7) is 3.35. The second-order valence-corrected chi connectivity index (χ2v) is 5.16. The smallest absolute Gasteiger partial charge is 0.339 e. The van der Waals surface area contributed by atoms with Crippen LogP contribution in [-0.4, -0.2) is 27.2 Å². The van der Waals surface area contributed by atoms with Gasteiger partial charge in [0.25, 0.3) is 5.91 Å². The molecular weight excluding hydrogens is 317 g/mol. The third kappa shape index (κ3) is 2.86. The summed E-state index contributed by atoms with van der Waals surface area (Å²) in [4.78, 5) is 23.6. The normalized spacial score (nSPS) is 10.5. The molecule has 1 aromatic carbocycles. The maximum Gasteiger partial charge on any atom is 0.339 e. The van der Waals surface area contributed by atoms with Crippen LogP contribution in [0.2, 0.25) is 10.0 Å². The van der Waals surface area contributed by atoms with Gasteiger partial charge in [0, 0.05) is 5.69 Å². The summed E-state index contributed by atoms with van der Waals surface area (Å²) in [5.74, 6) is -1.79. The Hall–Kier alpha value is -2.05. The number of aromatic amines is 1. The number of benzene rings is 1. The third-order valence-corrected chi connectivity index (χ3v) is 3.54. The first-order chi connectivity index (χ1) is 9.82. The molecule has 0 radical (unpaired) electrons. The second-order valence-electron chi connectivity index (χ2n) is 4.35. The number of amides is 1. The summed E-state index contributed by atoms with van der Waals surface area (Å²) in [5, 5.41) is 18.4. The first kappa shape index (κ1) is 15.3.